The van der Waals surface area contributed by atoms with Crippen molar-refractivity contribution in [3.63, 3.8) is 0 Å². The molecule has 2 heterocycles. The first-order valence-corrected chi connectivity index (χ1v) is 8.93. The first-order chi connectivity index (χ1) is 12.2. The number of carbonyl (C=O) groups is 2. The zero-order chi connectivity index (χ0) is 17.4. The minimum Gasteiger partial charge on any atom is -0.322 e. The molecule has 0 spiro atoms. The van der Waals surface area contributed by atoms with Crippen molar-refractivity contribution in [3.05, 3.63) is 42.2 Å². The Bertz CT molecular complexity index is 809. The van der Waals surface area contributed by atoms with Crippen LogP contribution in [0.15, 0.2) is 36.7 Å². The lowest BCUT2D eigenvalue weighted by Gasteiger charge is -2.36. The zero-order valence-corrected chi connectivity index (χ0v) is 14.3. The van der Waals surface area contributed by atoms with Crippen LogP contribution >= 0.6 is 0 Å². The van der Waals surface area contributed by atoms with Crippen molar-refractivity contribution in [2.45, 2.75) is 45.2 Å². The quantitative estimate of drug-likeness (QED) is 0.911. The number of nitrogens with zero attached hydrogens (tertiary/aromatic N) is 3. The normalized spacial score (nSPS) is 19.5. The fraction of sp³-hybridized carbons (Fsp3) is 0.421. The summed E-state index contributed by atoms with van der Waals surface area (Å²) in [5.74, 6) is 0.402. The highest BCUT2D eigenvalue weighted by molar-refractivity contribution is 6.16. The van der Waals surface area contributed by atoms with Crippen LogP contribution in [-0.2, 0) is 11.3 Å². The van der Waals surface area contributed by atoms with Gasteiger partial charge in [-0.2, -0.15) is 5.10 Å². The lowest BCUT2D eigenvalue weighted by atomic mass is 10.0. The summed E-state index contributed by atoms with van der Waals surface area (Å²) in [6.07, 6.45) is 7.34. The van der Waals surface area contributed by atoms with Crippen molar-refractivity contribution in [1.82, 2.24) is 9.78 Å². The molecule has 6 nitrogen and oxygen atoms in total. The van der Waals surface area contributed by atoms with Gasteiger partial charge in [0.1, 0.15) is 6.04 Å². The lowest BCUT2D eigenvalue weighted by Crippen LogP contribution is -2.51. The standard InChI is InChI=1S/C19H22N4O2/c1-2-5-17-18(24)21-15-6-3-4-7-16(15)23(17)19(25)14-10-20-22(12-14)11-13-8-9-13/h3-4,6-7,10,12-13,17H,2,5,8-9,11H2,1H3,(H,21,24)/t17-/m0/s1. The Labute approximate surface area is 146 Å². The molecule has 1 aromatic heterocycles. The number of aromatic nitrogens is 2. The van der Waals surface area contributed by atoms with E-state index in [-0.39, 0.29) is 11.8 Å². The average Bonchev–Trinajstić information content (AvgIpc) is 3.30. The molecule has 0 radical (unpaired) electrons. The Hall–Kier alpha value is -2.63. The molecule has 2 aromatic rings. The van der Waals surface area contributed by atoms with Crippen LogP contribution in [0.25, 0.3) is 0 Å². The van der Waals surface area contributed by atoms with E-state index in [9.17, 15) is 9.59 Å². The molecule has 1 fully saturated rings. The van der Waals surface area contributed by atoms with Gasteiger partial charge in [0.15, 0.2) is 0 Å². The number of hydrogen-bond donors (Lipinski definition) is 1. The smallest absolute Gasteiger partial charge is 0.262 e. The van der Waals surface area contributed by atoms with E-state index in [1.54, 1.807) is 17.3 Å². The Morgan fingerprint density at radius 3 is 2.88 bits per heavy atom. The number of carbonyl (C=O) groups excluding carboxylic acids is 2. The van der Waals surface area contributed by atoms with Crippen molar-refractivity contribution in [2.24, 2.45) is 5.92 Å². The summed E-state index contributed by atoms with van der Waals surface area (Å²) in [7, 11) is 0. The summed E-state index contributed by atoms with van der Waals surface area (Å²) >= 11 is 0. The molecule has 130 valence electrons. The number of hydrogen-bond acceptors (Lipinski definition) is 3. The summed E-state index contributed by atoms with van der Waals surface area (Å²) in [6.45, 7) is 2.88. The fourth-order valence-electron chi connectivity index (χ4n) is 3.35. The van der Waals surface area contributed by atoms with Crippen LogP contribution in [-0.4, -0.2) is 27.6 Å². The van der Waals surface area contributed by atoms with Crippen molar-refractivity contribution in [3.8, 4) is 0 Å². The van der Waals surface area contributed by atoms with E-state index in [4.69, 9.17) is 0 Å². The third-order valence-electron chi connectivity index (χ3n) is 4.84. The number of anilines is 2. The van der Waals surface area contributed by atoms with Gasteiger partial charge in [-0.1, -0.05) is 25.5 Å². The van der Waals surface area contributed by atoms with Gasteiger partial charge in [0.25, 0.3) is 5.91 Å². The van der Waals surface area contributed by atoms with Gasteiger partial charge in [-0.3, -0.25) is 19.2 Å². The second-order valence-electron chi connectivity index (χ2n) is 6.88. The number of benzene rings is 1. The Morgan fingerprint density at radius 2 is 2.12 bits per heavy atom. The van der Waals surface area contributed by atoms with E-state index in [0.29, 0.717) is 23.6 Å². The average molecular weight is 338 g/mol. The Balaban J connectivity index is 1.67. The van der Waals surface area contributed by atoms with E-state index >= 15 is 0 Å². The van der Waals surface area contributed by atoms with Gasteiger partial charge in [0.2, 0.25) is 5.91 Å². The summed E-state index contributed by atoms with van der Waals surface area (Å²) < 4.78 is 1.84. The summed E-state index contributed by atoms with van der Waals surface area (Å²) in [5, 5.41) is 7.24. The predicted octanol–water partition coefficient (Wildman–Crippen LogP) is 3.06. The van der Waals surface area contributed by atoms with Crippen molar-refractivity contribution >= 4 is 23.2 Å². The predicted molar refractivity (Wildman–Crippen MR) is 95.5 cm³/mol. The van der Waals surface area contributed by atoms with Crippen LogP contribution in [0.2, 0.25) is 0 Å². The van der Waals surface area contributed by atoms with E-state index in [1.165, 1.54) is 12.8 Å². The second-order valence-corrected chi connectivity index (χ2v) is 6.88. The minimum atomic E-state index is -0.487. The molecule has 0 unspecified atom stereocenters. The molecule has 1 aliphatic heterocycles. The first kappa shape index (κ1) is 15.9. The molecule has 2 aliphatic rings. The Kier molecular flexibility index (Phi) is 4.03. The molecule has 25 heavy (non-hydrogen) atoms. The van der Waals surface area contributed by atoms with Gasteiger partial charge in [-0.05, 0) is 37.3 Å². The van der Waals surface area contributed by atoms with Crippen LogP contribution < -0.4 is 10.2 Å². The van der Waals surface area contributed by atoms with Gasteiger partial charge in [-0.25, -0.2) is 0 Å². The van der Waals surface area contributed by atoms with Crippen molar-refractivity contribution < 1.29 is 9.59 Å². The number of rotatable bonds is 5. The monoisotopic (exact) mass is 338 g/mol. The fourth-order valence-corrected chi connectivity index (χ4v) is 3.35. The molecule has 2 amide bonds. The molecule has 1 aliphatic carbocycles. The SMILES string of the molecule is CCC[C@H]1C(=O)Nc2ccccc2N1C(=O)c1cnn(CC2CC2)c1. The highest BCUT2D eigenvalue weighted by Crippen LogP contribution is 2.34. The van der Waals surface area contributed by atoms with Gasteiger partial charge in [-0.15, -0.1) is 0 Å². The van der Waals surface area contributed by atoms with E-state index in [2.05, 4.69) is 10.4 Å². The highest BCUT2D eigenvalue weighted by Gasteiger charge is 2.37. The molecule has 1 saturated carbocycles. The molecule has 1 atom stereocenters. The van der Waals surface area contributed by atoms with Crippen LogP contribution in [0.4, 0.5) is 11.4 Å². The zero-order valence-electron chi connectivity index (χ0n) is 14.3. The van der Waals surface area contributed by atoms with Crippen LogP contribution in [0.1, 0.15) is 43.0 Å². The largest absolute Gasteiger partial charge is 0.322 e. The number of nitrogens with one attached hydrogen (secondary N) is 1. The van der Waals surface area contributed by atoms with Crippen molar-refractivity contribution in [2.75, 3.05) is 10.2 Å². The molecule has 6 heteroatoms. The van der Waals surface area contributed by atoms with E-state index in [1.807, 2.05) is 35.9 Å². The Morgan fingerprint density at radius 1 is 1.32 bits per heavy atom. The molecule has 0 saturated heterocycles. The molecular formula is C19H22N4O2. The summed E-state index contributed by atoms with van der Waals surface area (Å²) in [4.78, 5) is 27.4. The molecule has 1 aromatic carbocycles. The molecule has 4 rings (SSSR count). The summed E-state index contributed by atoms with van der Waals surface area (Å²) in [5.41, 5.74) is 1.96. The third kappa shape index (κ3) is 3.04. The van der Waals surface area contributed by atoms with Gasteiger partial charge in [0.05, 0.1) is 23.1 Å². The minimum absolute atomic E-state index is 0.126. The van der Waals surface area contributed by atoms with E-state index < -0.39 is 6.04 Å². The van der Waals surface area contributed by atoms with Gasteiger partial charge in [0, 0.05) is 12.7 Å². The number of para-hydroxylation sites is 2. The topological polar surface area (TPSA) is 67.2 Å². The lowest BCUT2D eigenvalue weighted by molar-refractivity contribution is -0.117. The number of fused-ring (bicyclic) bond motifs is 1. The van der Waals surface area contributed by atoms with Crippen LogP contribution in [0.5, 0.6) is 0 Å². The van der Waals surface area contributed by atoms with Gasteiger partial charge < -0.3 is 5.32 Å². The second kappa shape index (κ2) is 6.35. The molecule has 1 N–H and O–H groups in total. The maximum absolute atomic E-state index is 13.2. The summed E-state index contributed by atoms with van der Waals surface area (Å²) in [6, 6.07) is 6.96. The first-order valence-electron chi connectivity index (χ1n) is 8.93. The molecular weight excluding hydrogens is 316 g/mol. The van der Waals surface area contributed by atoms with Crippen molar-refractivity contribution in [1.29, 1.82) is 0 Å². The maximum Gasteiger partial charge on any atom is 0.262 e. The molecule has 0 bridgehead atoms. The maximum atomic E-state index is 13.2. The highest BCUT2D eigenvalue weighted by atomic mass is 16.2. The van der Waals surface area contributed by atoms with Crippen LogP contribution in [0, 0.1) is 5.92 Å². The van der Waals surface area contributed by atoms with E-state index in [0.717, 1.165) is 18.7 Å². The van der Waals surface area contributed by atoms with Crippen LogP contribution in [0.3, 0.4) is 0 Å². The third-order valence-corrected chi connectivity index (χ3v) is 4.84. The van der Waals surface area contributed by atoms with Gasteiger partial charge >= 0.3 is 0 Å². The number of amides is 2.